The maximum Gasteiger partial charge on any atom is 0.254 e. The maximum absolute atomic E-state index is 12.6. The molecule has 3 rings (SSSR count). The van der Waals surface area contributed by atoms with Gasteiger partial charge in [0.25, 0.3) is 5.91 Å². The minimum Gasteiger partial charge on any atom is -0.345 e. The lowest BCUT2D eigenvalue weighted by molar-refractivity contribution is 0.0913. The van der Waals surface area contributed by atoms with Crippen molar-refractivity contribution < 1.29 is 4.79 Å². The molecule has 3 aromatic rings. The number of rotatable bonds is 3. The number of H-pyrrole nitrogens is 1. The molecule has 0 fully saturated rings. The number of aromatic nitrogens is 4. The van der Waals surface area contributed by atoms with Gasteiger partial charge in [-0.3, -0.25) is 4.79 Å². The number of hydrogen-bond acceptors (Lipinski definition) is 5. The summed E-state index contributed by atoms with van der Waals surface area (Å²) in [5, 5.41) is 4.65. The molecule has 0 atom stereocenters. The molecule has 1 amide bonds. The summed E-state index contributed by atoms with van der Waals surface area (Å²) >= 11 is 1.61. The number of amides is 1. The van der Waals surface area contributed by atoms with Gasteiger partial charge < -0.3 is 10.3 Å². The molecule has 0 saturated carbocycles. The molecule has 3 aromatic heterocycles. The Balaban J connectivity index is 1.90. The highest BCUT2D eigenvalue weighted by molar-refractivity contribution is 7.11. The molecule has 0 aromatic carbocycles. The van der Waals surface area contributed by atoms with Gasteiger partial charge in [0.05, 0.1) is 16.8 Å². The molecule has 0 spiro atoms. The number of hydrogen-bond donors (Lipinski definition) is 2. The average Bonchev–Trinajstić information content (AvgIpc) is 3.03. The first-order valence-corrected chi connectivity index (χ1v) is 7.74. The van der Waals surface area contributed by atoms with Crippen molar-refractivity contribution in [2.75, 3.05) is 0 Å². The van der Waals surface area contributed by atoms with Crippen molar-refractivity contribution in [1.82, 2.24) is 25.3 Å². The maximum atomic E-state index is 12.6. The van der Waals surface area contributed by atoms with Crippen LogP contribution in [-0.4, -0.2) is 25.8 Å². The van der Waals surface area contributed by atoms with Crippen molar-refractivity contribution in [3.05, 3.63) is 39.9 Å². The molecule has 0 saturated heterocycles. The van der Waals surface area contributed by atoms with Crippen LogP contribution in [0, 0.1) is 13.8 Å². The minimum atomic E-state index is -0.542. The normalized spacial score (nSPS) is 11.8. The van der Waals surface area contributed by atoms with E-state index in [0.717, 1.165) is 15.6 Å². The van der Waals surface area contributed by atoms with Crippen molar-refractivity contribution in [1.29, 1.82) is 0 Å². The zero-order chi connectivity index (χ0) is 15.9. The first-order valence-electron chi connectivity index (χ1n) is 6.92. The van der Waals surface area contributed by atoms with E-state index in [2.05, 4.69) is 25.3 Å². The second-order valence-corrected chi connectivity index (χ2v) is 6.93. The number of nitrogens with one attached hydrogen (secondary N) is 2. The highest BCUT2D eigenvalue weighted by atomic mass is 32.1. The van der Waals surface area contributed by atoms with Crippen LogP contribution in [0.25, 0.3) is 11.0 Å². The molecule has 0 radical (unpaired) electrons. The Morgan fingerprint density at radius 3 is 2.82 bits per heavy atom. The topological polar surface area (TPSA) is 83.6 Å². The molecule has 0 aliphatic carbocycles. The molecule has 7 heteroatoms. The average molecular weight is 315 g/mol. The van der Waals surface area contributed by atoms with Crippen LogP contribution in [0.5, 0.6) is 0 Å². The lowest BCUT2D eigenvalue weighted by Crippen LogP contribution is -2.40. The van der Waals surface area contributed by atoms with Gasteiger partial charge in [-0.2, -0.15) is 0 Å². The van der Waals surface area contributed by atoms with E-state index in [0.29, 0.717) is 16.6 Å². The number of aromatic amines is 1. The highest BCUT2D eigenvalue weighted by Crippen LogP contribution is 2.28. The molecule has 2 N–H and O–H groups in total. The standard InChI is InChI=1S/C15H17N5OS/c1-8-9(2)22-14(19-8)15(3,4)20-13(21)11-6-17-12-10(11)5-16-7-18-12/h5-7H,1-4H3,(H,20,21)(H,16,17,18). The van der Waals surface area contributed by atoms with E-state index in [1.807, 2.05) is 27.7 Å². The van der Waals surface area contributed by atoms with Gasteiger partial charge in [0.1, 0.15) is 17.0 Å². The van der Waals surface area contributed by atoms with Crippen molar-refractivity contribution in [3.8, 4) is 0 Å². The first kappa shape index (κ1) is 14.6. The molecule has 0 unspecified atom stereocenters. The van der Waals surface area contributed by atoms with E-state index >= 15 is 0 Å². The van der Waals surface area contributed by atoms with Gasteiger partial charge in [-0.25, -0.2) is 15.0 Å². The molecular weight excluding hydrogens is 298 g/mol. The fourth-order valence-corrected chi connectivity index (χ4v) is 3.16. The predicted molar refractivity (Wildman–Crippen MR) is 86.0 cm³/mol. The summed E-state index contributed by atoms with van der Waals surface area (Å²) in [5.74, 6) is -0.170. The van der Waals surface area contributed by atoms with Crippen molar-refractivity contribution in [2.45, 2.75) is 33.2 Å². The summed E-state index contributed by atoms with van der Waals surface area (Å²) in [6, 6.07) is 0. The van der Waals surface area contributed by atoms with Crippen LogP contribution in [0.3, 0.4) is 0 Å². The van der Waals surface area contributed by atoms with Gasteiger partial charge in [-0.15, -0.1) is 11.3 Å². The van der Waals surface area contributed by atoms with E-state index in [1.54, 1.807) is 23.7 Å². The monoisotopic (exact) mass is 315 g/mol. The van der Waals surface area contributed by atoms with Crippen LogP contribution < -0.4 is 5.32 Å². The lowest BCUT2D eigenvalue weighted by atomic mass is 10.1. The number of fused-ring (bicyclic) bond motifs is 1. The second kappa shape index (κ2) is 5.17. The fraction of sp³-hybridized carbons (Fsp3) is 0.333. The van der Waals surface area contributed by atoms with Crippen LogP contribution in [0.15, 0.2) is 18.7 Å². The van der Waals surface area contributed by atoms with Crippen LogP contribution in [0.4, 0.5) is 0 Å². The zero-order valence-corrected chi connectivity index (χ0v) is 13.7. The molecule has 114 valence electrons. The second-order valence-electron chi connectivity index (χ2n) is 5.73. The fourth-order valence-electron chi connectivity index (χ4n) is 2.19. The van der Waals surface area contributed by atoms with Crippen LogP contribution in [-0.2, 0) is 5.54 Å². The van der Waals surface area contributed by atoms with Crippen molar-refractivity contribution in [2.24, 2.45) is 0 Å². The molecule has 22 heavy (non-hydrogen) atoms. The molecule has 0 bridgehead atoms. The Morgan fingerprint density at radius 1 is 1.36 bits per heavy atom. The number of aryl methyl sites for hydroxylation is 2. The third-order valence-corrected chi connectivity index (χ3v) is 4.99. The van der Waals surface area contributed by atoms with E-state index < -0.39 is 5.54 Å². The van der Waals surface area contributed by atoms with E-state index in [1.165, 1.54) is 6.33 Å². The Bertz CT molecular complexity index is 829. The Labute approximate surface area is 132 Å². The van der Waals surface area contributed by atoms with Crippen LogP contribution >= 0.6 is 11.3 Å². The van der Waals surface area contributed by atoms with Gasteiger partial charge in [-0.05, 0) is 27.7 Å². The number of thiazole rings is 1. The largest absolute Gasteiger partial charge is 0.345 e. The smallest absolute Gasteiger partial charge is 0.254 e. The van der Waals surface area contributed by atoms with Gasteiger partial charge >= 0.3 is 0 Å². The first-order chi connectivity index (χ1) is 10.4. The Kier molecular flexibility index (Phi) is 3.44. The SMILES string of the molecule is Cc1nc(C(C)(C)NC(=O)c2c[nH]c3ncncc23)sc1C. The number of nitrogens with zero attached hydrogens (tertiary/aromatic N) is 3. The summed E-state index contributed by atoms with van der Waals surface area (Å²) < 4.78 is 0. The van der Waals surface area contributed by atoms with Gasteiger partial charge in [0.15, 0.2) is 0 Å². The number of carbonyl (C=O) groups excluding carboxylic acids is 1. The third-order valence-electron chi connectivity index (χ3n) is 3.59. The number of carbonyl (C=O) groups is 1. The summed E-state index contributed by atoms with van der Waals surface area (Å²) in [4.78, 5) is 29.4. The Hall–Kier alpha value is -2.28. The predicted octanol–water partition coefficient (Wildman–Crippen LogP) is 2.70. The molecule has 0 aliphatic rings. The van der Waals surface area contributed by atoms with Crippen LogP contribution in [0.2, 0.25) is 0 Å². The minimum absolute atomic E-state index is 0.170. The highest BCUT2D eigenvalue weighted by Gasteiger charge is 2.28. The van der Waals surface area contributed by atoms with Gasteiger partial charge in [-0.1, -0.05) is 0 Å². The summed E-state index contributed by atoms with van der Waals surface area (Å²) in [6.07, 6.45) is 4.74. The molecule has 3 heterocycles. The zero-order valence-electron chi connectivity index (χ0n) is 12.9. The van der Waals surface area contributed by atoms with E-state index in [9.17, 15) is 4.79 Å². The third kappa shape index (κ3) is 2.48. The van der Waals surface area contributed by atoms with E-state index in [-0.39, 0.29) is 5.91 Å². The van der Waals surface area contributed by atoms with E-state index in [4.69, 9.17) is 0 Å². The molecular formula is C15H17N5OS. The van der Waals surface area contributed by atoms with Gasteiger partial charge in [0, 0.05) is 22.7 Å². The Morgan fingerprint density at radius 2 is 2.14 bits per heavy atom. The van der Waals surface area contributed by atoms with Crippen molar-refractivity contribution >= 4 is 28.3 Å². The summed E-state index contributed by atoms with van der Waals surface area (Å²) in [5.41, 5.74) is 1.65. The molecule has 0 aliphatic heterocycles. The summed E-state index contributed by atoms with van der Waals surface area (Å²) in [7, 11) is 0. The quantitative estimate of drug-likeness (QED) is 0.778. The summed E-state index contributed by atoms with van der Waals surface area (Å²) in [6.45, 7) is 7.91. The molecule has 6 nitrogen and oxygen atoms in total. The van der Waals surface area contributed by atoms with Crippen LogP contribution in [0.1, 0.15) is 39.8 Å². The van der Waals surface area contributed by atoms with Gasteiger partial charge in [0.2, 0.25) is 0 Å². The van der Waals surface area contributed by atoms with Crippen molar-refractivity contribution in [3.63, 3.8) is 0 Å². The lowest BCUT2D eigenvalue weighted by Gasteiger charge is -2.23.